The Hall–Kier alpha value is -0.760. The van der Waals surface area contributed by atoms with E-state index in [1.165, 1.54) is 5.69 Å². The monoisotopic (exact) mass is 207 g/mol. The zero-order chi connectivity index (χ0) is 11.0. The molecule has 1 heterocycles. The van der Waals surface area contributed by atoms with Gasteiger partial charge >= 0.3 is 0 Å². The Balaban J connectivity index is 2.34. The van der Waals surface area contributed by atoms with E-state index >= 15 is 0 Å². The highest BCUT2D eigenvalue weighted by atomic mass is 16.3. The summed E-state index contributed by atoms with van der Waals surface area (Å²) >= 11 is 0. The molecule has 2 rings (SSSR count). The fraction of sp³-hybridized carbons (Fsp3) is 0.692. The molecule has 0 spiro atoms. The first-order chi connectivity index (χ1) is 7.11. The van der Waals surface area contributed by atoms with Gasteiger partial charge in [0, 0.05) is 23.5 Å². The molecular formula is C13H21NO. The summed E-state index contributed by atoms with van der Waals surface area (Å²) < 4.78 is 2.35. The van der Waals surface area contributed by atoms with Gasteiger partial charge in [0.2, 0.25) is 0 Å². The third-order valence-corrected chi connectivity index (χ3v) is 3.71. The Morgan fingerprint density at radius 1 is 1.40 bits per heavy atom. The molecule has 0 aromatic carbocycles. The van der Waals surface area contributed by atoms with Crippen LogP contribution in [0.15, 0.2) is 12.3 Å². The quantitative estimate of drug-likeness (QED) is 0.792. The summed E-state index contributed by atoms with van der Waals surface area (Å²) in [5.74, 6) is 0.639. The molecule has 15 heavy (non-hydrogen) atoms. The molecule has 2 atom stereocenters. The lowest BCUT2D eigenvalue weighted by Gasteiger charge is -2.25. The van der Waals surface area contributed by atoms with Crippen LogP contribution >= 0.6 is 0 Å². The SMILES string of the molecule is CC(C)C(C)n1ccc2c1CCCC2O. The van der Waals surface area contributed by atoms with E-state index in [0.717, 1.165) is 24.8 Å². The largest absolute Gasteiger partial charge is 0.388 e. The summed E-state index contributed by atoms with van der Waals surface area (Å²) in [7, 11) is 0. The molecule has 0 amide bonds. The maximum atomic E-state index is 9.88. The molecule has 1 aliphatic rings. The summed E-state index contributed by atoms with van der Waals surface area (Å²) in [6, 6.07) is 2.62. The average Bonchev–Trinajstić information content (AvgIpc) is 2.61. The van der Waals surface area contributed by atoms with E-state index < -0.39 is 0 Å². The van der Waals surface area contributed by atoms with Crippen LogP contribution in [0.3, 0.4) is 0 Å². The average molecular weight is 207 g/mol. The van der Waals surface area contributed by atoms with Crippen LogP contribution in [-0.2, 0) is 6.42 Å². The molecule has 1 aromatic rings. The molecule has 1 N–H and O–H groups in total. The second kappa shape index (κ2) is 4.01. The van der Waals surface area contributed by atoms with Crippen molar-refractivity contribution in [2.75, 3.05) is 0 Å². The third-order valence-electron chi connectivity index (χ3n) is 3.71. The van der Waals surface area contributed by atoms with Crippen LogP contribution in [-0.4, -0.2) is 9.67 Å². The number of hydrogen-bond donors (Lipinski definition) is 1. The third kappa shape index (κ3) is 1.83. The number of aliphatic hydroxyl groups is 1. The van der Waals surface area contributed by atoms with Crippen LogP contribution < -0.4 is 0 Å². The van der Waals surface area contributed by atoms with Gasteiger partial charge in [-0.25, -0.2) is 0 Å². The molecule has 0 bridgehead atoms. The first kappa shape index (κ1) is 10.7. The number of fused-ring (bicyclic) bond motifs is 1. The Bertz CT molecular complexity index is 340. The van der Waals surface area contributed by atoms with Gasteiger partial charge in [-0.1, -0.05) is 13.8 Å². The lowest BCUT2D eigenvalue weighted by molar-refractivity contribution is 0.155. The minimum Gasteiger partial charge on any atom is -0.388 e. The predicted molar refractivity (Wildman–Crippen MR) is 61.9 cm³/mol. The molecule has 0 fully saturated rings. The van der Waals surface area contributed by atoms with Gasteiger partial charge in [0.05, 0.1) is 6.10 Å². The van der Waals surface area contributed by atoms with Crippen molar-refractivity contribution in [3.8, 4) is 0 Å². The first-order valence-electron chi connectivity index (χ1n) is 5.99. The van der Waals surface area contributed by atoms with Gasteiger partial charge in [0.15, 0.2) is 0 Å². The number of hydrogen-bond acceptors (Lipinski definition) is 1. The minimum atomic E-state index is -0.227. The van der Waals surface area contributed by atoms with E-state index in [1.807, 2.05) is 0 Å². The molecule has 84 valence electrons. The second-order valence-corrected chi connectivity index (χ2v) is 5.02. The first-order valence-corrected chi connectivity index (χ1v) is 5.99. The van der Waals surface area contributed by atoms with Crippen molar-refractivity contribution < 1.29 is 5.11 Å². The van der Waals surface area contributed by atoms with Gasteiger partial charge < -0.3 is 9.67 Å². The molecule has 0 radical (unpaired) electrons. The fourth-order valence-corrected chi connectivity index (χ4v) is 2.39. The Morgan fingerprint density at radius 3 is 2.80 bits per heavy atom. The Labute approximate surface area is 91.9 Å². The van der Waals surface area contributed by atoms with Gasteiger partial charge in [0.1, 0.15) is 0 Å². The predicted octanol–water partition coefficient (Wildman–Crippen LogP) is 3.07. The van der Waals surface area contributed by atoms with Crippen molar-refractivity contribution in [1.29, 1.82) is 0 Å². The second-order valence-electron chi connectivity index (χ2n) is 5.02. The van der Waals surface area contributed by atoms with E-state index in [9.17, 15) is 5.11 Å². The Morgan fingerprint density at radius 2 is 2.13 bits per heavy atom. The van der Waals surface area contributed by atoms with Crippen molar-refractivity contribution in [1.82, 2.24) is 4.57 Å². The molecule has 1 aromatic heterocycles. The van der Waals surface area contributed by atoms with E-state index in [2.05, 4.69) is 37.6 Å². The van der Waals surface area contributed by atoms with Crippen molar-refractivity contribution >= 4 is 0 Å². The van der Waals surface area contributed by atoms with E-state index in [1.54, 1.807) is 0 Å². The highest BCUT2D eigenvalue weighted by Gasteiger charge is 2.23. The van der Waals surface area contributed by atoms with E-state index in [-0.39, 0.29) is 6.10 Å². The standard InChI is InChI=1S/C13H21NO/c1-9(2)10(3)14-8-7-11-12(14)5-4-6-13(11)15/h7-10,13,15H,4-6H2,1-3H3. The highest BCUT2D eigenvalue weighted by Crippen LogP contribution is 2.33. The number of rotatable bonds is 2. The van der Waals surface area contributed by atoms with Gasteiger partial charge in [0.25, 0.3) is 0 Å². The van der Waals surface area contributed by atoms with Crippen molar-refractivity contribution in [2.24, 2.45) is 5.92 Å². The van der Waals surface area contributed by atoms with Crippen LogP contribution in [0.5, 0.6) is 0 Å². The smallest absolute Gasteiger partial charge is 0.0807 e. The van der Waals surface area contributed by atoms with Crippen LogP contribution in [0.2, 0.25) is 0 Å². The molecule has 2 nitrogen and oxygen atoms in total. The lowest BCUT2D eigenvalue weighted by Crippen LogP contribution is -2.17. The molecule has 0 saturated heterocycles. The molecule has 2 heteroatoms. The lowest BCUT2D eigenvalue weighted by atomic mass is 9.94. The zero-order valence-electron chi connectivity index (χ0n) is 9.90. The van der Waals surface area contributed by atoms with E-state index in [0.29, 0.717) is 12.0 Å². The molecular weight excluding hydrogens is 186 g/mol. The molecule has 0 saturated carbocycles. The number of aliphatic hydroxyl groups excluding tert-OH is 1. The van der Waals surface area contributed by atoms with Gasteiger partial charge in [-0.2, -0.15) is 0 Å². The fourth-order valence-electron chi connectivity index (χ4n) is 2.39. The highest BCUT2D eigenvalue weighted by molar-refractivity contribution is 5.27. The Kier molecular flexibility index (Phi) is 2.87. The summed E-state index contributed by atoms with van der Waals surface area (Å²) in [6.07, 6.45) is 5.07. The normalized spacial score (nSPS) is 22.9. The van der Waals surface area contributed by atoms with Gasteiger partial charge in [-0.05, 0) is 38.2 Å². The van der Waals surface area contributed by atoms with Crippen LogP contribution in [0.25, 0.3) is 0 Å². The van der Waals surface area contributed by atoms with Gasteiger partial charge in [-0.15, -0.1) is 0 Å². The summed E-state index contributed by atoms with van der Waals surface area (Å²) in [6.45, 7) is 6.75. The summed E-state index contributed by atoms with van der Waals surface area (Å²) in [5.41, 5.74) is 2.52. The van der Waals surface area contributed by atoms with Crippen molar-refractivity contribution in [2.45, 2.75) is 52.2 Å². The number of nitrogens with zero attached hydrogens (tertiary/aromatic N) is 1. The number of aromatic nitrogens is 1. The minimum absolute atomic E-state index is 0.227. The van der Waals surface area contributed by atoms with Crippen LogP contribution in [0.4, 0.5) is 0 Å². The zero-order valence-corrected chi connectivity index (χ0v) is 9.90. The van der Waals surface area contributed by atoms with Crippen molar-refractivity contribution in [3.63, 3.8) is 0 Å². The topological polar surface area (TPSA) is 25.2 Å². The summed E-state index contributed by atoms with van der Waals surface area (Å²) in [4.78, 5) is 0. The van der Waals surface area contributed by atoms with Crippen LogP contribution in [0.1, 0.15) is 57.0 Å². The molecule has 1 aliphatic carbocycles. The molecule has 0 aliphatic heterocycles. The van der Waals surface area contributed by atoms with Crippen LogP contribution in [0, 0.1) is 5.92 Å². The summed E-state index contributed by atoms with van der Waals surface area (Å²) in [5, 5.41) is 9.88. The maximum Gasteiger partial charge on any atom is 0.0807 e. The molecule has 2 unspecified atom stereocenters. The van der Waals surface area contributed by atoms with Gasteiger partial charge in [-0.3, -0.25) is 0 Å². The maximum absolute atomic E-state index is 9.88. The van der Waals surface area contributed by atoms with E-state index in [4.69, 9.17) is 0 Å². The van der Waals surface area contributed by atoms with Crippen molar-refractivity contribution in [3.05, 3.63) is 23.5 Å².